The van der Waals surface area contributed by atoms with Crippen molar-refractivity contribution in [3.8, 4) is 22.5 Å². The van der Waals surface area contributed by atoms with Crippen LogP contribution < -0.4 is 0 Å². The molecule has 0 amide bonds. The molecule has 0 aliphatic carbocycles. The molecular weight excluding hydrogens is 496 g/mol. The highest BCUT2D eigenvalue weighted by Gasteiger charge is 2.15. The fourth-order valence-electron chi connectivity index (χ4n) is 6.74. The van der Waals surface area contributed by atoms with Crippen LogP contribution in [-0.2, 0) is 0 Å². The van der Waals surface area contributed by atoms with Crippen LogP contribution in [0.1, 0.15) is 16.7 Å². The average molecular weight is 527 g/mol. The second-order valence-corrected chi connectivity index (χ2v) is 11.2. The zero-order chi connectivity index (χ0) is 27.7. The molecule has 2 heterocycles. The van der Waals surface area contributed by atoms with Crippen molar-refractivity contribution in [3.05, 3.63) is 144 Å². The monoisotopic (exact) mass is 526 g/mol. The molecule has 0 spiro atoms. The summed E-state index contributed by atoms with van der Waals surface area (Å²) in [6.45, 7) is 6.63. The SMILES string of the molecule is Cc1ccc2c(c1)c1ccccc1n2-c1ccc(-c2ccc(-n3c4ccccc4c4ccccc43)cc2C)c(C)c1. The molecule has 2 aromatic heterocycles. The smallest absolute Gasteiger partial charge is 0.0541 e. The Morgan fingerprint density at radius 3 is 1.24 bits per heavy atom. The Morgan fingerprint density at radius 1 is 0.366 bits per heavy atom. The van der Waals surface area contributed by atoms with Gasteiger partial charge in [-0.2, -0.15) is 0 Å². The zero-order valence-corrected chi connectivity index (χ0v) is 23.5. The largest absolute Gasteiger partial charge is 0.309 e. The number of aryl methyl sites for hydroxylation is 3. The first kappa shape index (κ1) is 23.8. The average Bonchev–Trinajstić information content (AvgIpc) is 3.50. The van der Waals surface area contributed by atoms with Crippen LogP contribution in [0.2, 0.25) is 0 Å². The highest BCUT2D eigenvalue weighted by Crippen LogP contribution is 2.37. The van der Waals surface area contributed by atoms with E-state index >= 15 is 0 Å². The quantitative estimate of drug-likeness (QED) is 0.217. The normalized spacial score (nSPS) is 11.8. The molecule has 0 radical (unpaired) electrons. The summed E-state index contributed by atoms with van der Waals surface area (Å²) in [5.74, 6) is 0. The Balaban J connectivity index is 1.25. The predicted molar refractivity (Wildman–Crippen MR) is 175 cm³/mol. The molecule has 0 N–H and O–H groups in total. The van der Waals surface area contributed by atoms with E-state index in [1.165, 1.54) is 82.8 Å². The molecule has 0 atom stereocenters. The molecule has 0 aliphatic heterocycles. The van der Waals surface area contributed by atoms with Gasteiger partial charge in [-0.15, -0.1) is 0 Å². The number of fused-ring (bicyclic) bond motifs is 6. The first-order valence-electron chi connectivity index (χ1n) is 14.3. The summed E-state index contributed by atoms with van der Waals surface area (Å²) >= 11 is 0. The van der Waals surface area contributed by atoms with Gasteiger partial charge in [-0.1, -0.05) is 78.4 Å². The van der Waals surface area contributed by atoms with E-state index in [4.69, 9.17) is 0 Å². The molecule has 8 aromatic rings. The molecule has 196 valence electrons. The molecule has 2 heteroatoms. The molecule has 2 nitrogen and oxygen atoms in total. The van der Waals surface area contributed by atoms with Gasteiger partial charge in [0.15, 0.2) is 0 Å². The van der Waals surface area contributed by atoms with Gasteiger partial charge in [0.25, 0.3) is 0 Å². The number of aromatic nitrogens is 2. The molecular formula is C39H30N2. The Bertz CT molecular complexity index is 2240. The van der Waals surface area contributed by atoms with Gasteiger partial charge in [-0.05, 0) is 97.6 Å². The van der Waals surface area contributed by atoms with Crippen LogP contribution in [0.5, 0.6) is 0 Å². The van der Waals surface area contributed by atoms with E-state index in [0.717, 1.165) is 0 Å². The van der Waals surface area contributed by atoms with Crippen LogP contribution in [0.25, 0.3) is 66.1 Å². The summed E-state index contributed by atoms with van der Waals surface area (Å²) in [4.78, 5) is 0. The maximum absolute atomic E-state index is 2.40. The Hall–Kier alpha value is -5.08. The van der Waals surface area contributed by atoms with Gasteiger partial charge in [0.1, 0.15) is 0 Å². The van der Waals surface area contributed by atoms with E-state index in [1.54, 1.807) is 0 Å². The molecule has 8 rings (SSSR count). The van der Waals surface area contributed by atoms with Crippen molar-refractivity contribution >= 4 is 43.6 Å². The van der Waals surface area contributed by atoms with Crippen LogP contribution in [0.15, 0.2) is 127 Å². The van der Waals surface area contributed by atoms with Crippen molar-refractivity contribution < 1.29 is 0 Å². The summed E-state index contributed by atoms with van der Waals surface area (Å²) in [6.07, 6.45) is 0. The van der Waals surface area contributed by atoms with Gasteiger partial charge >= 0.3 is 0 Å². The second-order valence-electron chi connectivity index (χ2n) is 11.2. The highest BCUT2D eigenvalue weighted by atomic mass is 15.0. The fourth-order valence-corrected chi connectivity index (χ4v) is 6.74. The highest BCUT2D eigenvalue weighted by molar-refractivity contribution is 6.10. The zero-order valence-electron chi connectivity index (χ0n) is 23.5. The molecule has 6 aromatic carbocycles. The molecule has 0 aliphatic rings. The number of hydrogen-bond acceptors (Lipinski definition) is 0. The fraction of sp³-hybridized carbons (Fsp3) is 0.0769. The number of rotatable bonds is 3. The molecule has 41 heavy (non-hydrogen) atoms. The minimum atomic E-state index is 1.19. The van der Waals surface area contributed by atoms with Gasteiger partial charge in [-0.3, -0.25) is 0 Å². The van der Waals surface area contributed by atoms with Crippen molar-refractivity contribution in [2.75, 3.05) is 0 Å². The van der Waals surface area contributed by atoms with E-state index in [0.29, 0.717) is 0 Å². The van der Waals surface area contributed by atoms with Crippen molar-refractivity contribution in [2.24, 2.45) is 0 Å². The first-order valence-corrected chi connectivity index (χ1v) is 14.3. The Kier molecular flexibility index (Phi) is 5.20. The van der Waals surface area contributed by atoms with Crippen LogP contribution in [-0.4, -0.2) is 9.13 Å². The third-order valence-electron chi connectivity index (χ3n) is 8.63. The van der Waals surface area contributed by atoms with Crippen molar-refractivity contribution in [2.45, 2.75) is 20.8 Å². The predicted octanol–water partition coefficient (Wildman–Crippen LogP) is 10.5. The second kappa shape index (κ2) is 8.97. The van der Waals surface area contributed by atoms with Crippen LogP contribution in [0.3, 0.4) is 0 Å². The summed E-state index contributed by atoms with van der Waals surface area (Å²) in [5.41, 5.74) is 13.7. The Labute approximate surface area is 239 Å². The van der Waals surface area contributed by atoms with Gasteiger partial charge < -0.3 is 9.13 Å². The standard InChI is InChI=1S/C39H30N2/c1-25-16-21-39-35(22-25)34-12-6-9-15-38(34)41(39)29-18-20-31(27(3)24-29)30-19-17-28(23-26(30)2)40-36-13-7-4-10-32(36)33-11-5-8-14-37(33)40/h4-24H,1-3H3. The number of para-hydroxylation sites is 3. The Morgan fingerprint density at radius 2 is 0.780 bits per heavy atom. The first-order chi connectivity index (χ1) is 20.1. The lowest BCUT2D eigenvalue weighted by Gasteiger charge is -2.15. The van der Waals surface area contributed by atoms with Gasteiger partial charge in [-0.25, -0.2) is 0 Å². The van der Waals surface area contributed by atoms with E-state index in [1.807, 2.05) is 0 Å². The summed E-state index contributed by atoms with van der Waals surface area (Å²) in [6, 6.07) is 46.7. The van der Waals surface area contributed by atoms with E-state index in [2.05, 4.69) is 157 Å². The van der Waals surface area contributed by atoms with Gasteiger partial charge in [0.05, 0.1) is 22.1 Å². The summed E-state index contributed by atoms with van der Waals surface area (Å²) < 4.78 is 4.79. The van der Waals surface area contributed by atoms with Crippen LogP contribution in [0.4, 0.5) is 0 Å². The van der Waals surface area contributed by atoms with Crippen molar-refractivity contribution in [1.82, 2.24) is 9.13 Å². The third kappa shape index (κ3) is 3.57. The molecule has 0 saturated carbocycles. The molecule has 0 saturated heterocycles. The number of benzene rings is 6. The van der Waals surface area contributed by atoms with E-state index in [9.17, 15) is 0 Å². The summed E-state index contributed by atoms with van der Waals surface area (Å²) in [5, 5.41) is 5.18. The lowest BCUT2D eigenvalue weighted by atomic mass is 9.95. The number of nitrogens with zero attached hydrogens (tertiary/aromatic N) is 2. The maximum Gasteiger partial charge on any atom is 0.0541 e. The van der Waals surface area contributed by atoms with Crippen LogP contribution in [0, 0.1) is 20.8 Å². The van der Waals surface area contributed by atoms with Crippen LogP contribution >= 0.6 is 0 Å². The summed E-state index contributed by atoms with van der Waals surface area (Å²) in [7, 11) is 0. The molecule has 0 unspecified atom stereocenters. The minimum absolute atomic E-state index is 1.19. The maximum atomic E-state index is 2.40. The lowest BCUT2D eigenvalue weighted by Crippen LogP contribution is -1.98. The van der Waals surface area contributed by atoms with E-state index < -0.39 is 0 Å². The molecule has 0 fully saturated rings. The van der Waals surface area contributed by atoms with E-state index in [-0.39, 0.29) is 0 Å². The number of hydrogen-bond donors (Lipinski definition) is 0. The van der Waals surface area contributed by atoms with Crippen molar-refractivity contribution in [1.29, 1.82) is 0 Å². The van der Waals surface area contributed by atoms with Crippen molar-refractivity contribution in [3.63, 3.8) is 0 Å². The lowest BCUT2D eigenvalue weighted by molar-refractivity contribution is 1.16. The molecule has 0 bridgehead atoms. The third-order valence-corrected chi connectivity index (χ3v) is 8.63. The minimum Gasteiger partial charge on any atom is -0.309 e. The van der Waals surface area contributed by atoms with Gasteiger partial charge in [0, 0.05) is 32.9 Å². The topological polar surface area (TPSA) is 9.86 Å². The van der Waals surface area contributed by atoms with Gasteiger partial charge in [0.2, 0.25) is 0 Å².